The second kappa shape index (κ2) is 2.92. The molecule has 3 heteroatoms. The van der Waals surface area contributed by atoms with E-state index in [1.165, 1.54) is 12.1 Å². The molecule has 1 aromatic rings. The maximum absolute atomic E-state index is 13.1. The number of halogens is 2. The lowest BCUT2D eigenvalue weighted by atomic mass is 10.1. The number of hydrogen-bond donors (Lipinski definition) is 0. The summed E-state index contributed by atoms with van der Waals surface area (Å²) in [7, 11) is 0. The second-order valence-electron chi connectivity index (χ2n) is 2.92. The van der Waals surface area contributed by atoms with E-state index >= 15 is 0 Å². The van der Waals surface area contributed by atoms with Gasteiger partial charge in [0.25, 0.3) is 0 Å². The van der Waals surface area contributed by atoms with Gasteiger partial charge in [-0.2, -0.15) is 0 Å². The van der Waals surface area contributed by atoms with Gasteiger partial charge in [0.05, 0.1) is 0 Å². The lowest BCUT2D eigenvalue weighted by Gasteiger charge is -1.97. The maximum atomic E-state index is 13.1. The Kier molecular flexibility index (Phi) is 1.88. The summed E-state index contributed by atoms with van der Waals surface area (Å²) in [5, 5.41) is 0. The summed E-state index contributed by atoms with van der Waals surface area (Å²) in [5.74, 6) is -1.13. The molecule has 0 aliphatic carbocycles. The van der Waals surface area contributed by atoms with Gasteiger partial charge in [-0.25, -0.2) is 8.78 Å². The predicted octanol–water partition coefficient (Wildman–Crippen LogP) is 2.59. The molecule has 0 aromatic heterocycles. The second-order valence-corrected chi connectivity index (χ2v) is 2.92. The molecule has 2 rings (SSSR count). The van der Waals surface area contributed by atoms with E-state index in [2.05, 4.69) is 6.58 Å². The lowest BCUT2D eigenvalue weighted by Crippen LogP contribution is -1.91. The largest absolute Gasteiger partial charge is 0.360 e. The molecule has 0 radical (unpaired) electrons. The minimum absolute atomic E-state index is 0.125. The van der Waals surface area contributed by atoms with Crippen LogP contribution in [-0.2, 0) is 4.74 Å². The molecule has 68 valence electrons. The van der Waals surface area contributed by atoms with Crippen LogP contribution in [-0.4, -0.2) is 6.10 Å². The van der Waals surface area contributed by atoms with Gasteiger partial charge >= 0.3 is 0 Å². The van der Waals surface area contributed by atoms with Gasteiger partial charge in [-0.05, 0) is 6.07 Å². The highest BCUT2D eigenvalue weighted by atomic mass is 19.1. The zero-order chi connectivity index (χ0) is 9.42. The Hall–Kier alpha value is -1.22. The highest BCUT2D eigenvalue weighted by Crippen LogP contribution is 2.40. The fraction of sp³-hybridized carbons (Fsp3) is 0.200. The first kappa shape index (κ1) is 8.38. The summed E-state index contributed by atoms with van der Waals surface area (Å²) >= 11 is 0. The van der Waals surface area contributed by atoms with Crippen molar-refractivity contribution in [2.45, 2.75) is 12.2 Å². The van der Waals surface area contributed by atoms with Crippen molar-refractivity contribution in [2.75, 3.05) is 0 Å². The topological polar surface area (TPSA) is 12.5 Å². The summed E-state index contributed by atoms with van der Waals surface area (Å²) in [6.07, 6.45) is 1.20. The number of epoxide rings is 1. The summed E-state index contributed by atoms with van der Waals surface area (Å²) in [5.41, 5.74) is 0.395. The van der Waals surface area contributed by atoms with E-state index in [-0.39, 0.29) is 12.2 Å². The minimum Gasteiger partial charge on any atom is -0.360 e. The molecular formula is C10H8F2O. The summed E-state index contributed by atoms with van der Waals surface area (Å²) in [4.78, 5) is 0. The number of ether oxygens (including phenoxy) is 1. The summed E-state index contributed by atoms with van der Waals surface area (Å²) in [6.45, 7) is 3.52. The Balaban J connectivity index is 2.27. The van der Waals surface area contributed by atoms with Gasteiger partial charge in [0.15, 0.2) is 0 Å². The van der Waals surface area contributed by atoms with Crippen molar-refractivity contribution < 1.29 is 13.5 Å². The molecule has 0 amide bonds. The molecule has 0 bridgehead atoms. The quantitative estimate of drug-likeness (QED) is 0.506. The highest BCUT2D eigenvalue weighted by molar-refractivity contribution is 5.26. The van der Waals surface area contributed by atoms with Gasteiger partial charge in [-0.3, -0.25) is 0 Å². The van der Waals surface area contributed by atoms with Crippen LogP contribution in [0.3, 0.4) is 0 Å². The average Bonchev–Trinajstić information content (AvgIpc) is 2.83. The van der Waals surface area contributed by atoms with Crippen LogP contribution in [0, 0.1) is 11.6 Å². The zero-order valence-corrected chi connectivity index (χ0v) is 6.84. The summed E-state index contributed by atoms with van der Waals surface area (Å²) < 4.78 is 30.7. The Labute approximate surface area is 74.6 Å². The van der Waals surface area contributed by atoms with Crippen molar-refractivity contribution in [3.63, 3.8) is 0 Å². The van der Waals surface area contributed by atoms with Crippen molar-refractivity contribution in [3.8, 4) is 0 Å². The maximum Gasteiger partial charge on any atom is 0.132 e. The first-order valence-electron chi connectivity index (χ1n) is 3.95. The summed E-state index contributed by atoms with van der Waals surface area (Å²) in [6, 6.07) is 3.48. The third-order valence-corrected chi connectivity index (χ3v) is 2.03. The van der Waals surface area contributed by atoms with Crippen LogP contribution in [0.1, 0.15) is 11.7 Å². The van der Waals surface area contributed by atoms with E-state index in [1.54, 1.807) is 6.08 Å². The van der Waals surface area contributed by atoms with Gasteiger partial charge in [-0.1, -0.05) is 12.1 Å². The molecule has 2 unspecified atom stereocenters. The van der Waals surface area contributed by atoms with Crippen LogP contribution in [0.15, 0.2) is 30.9 Å². The predicted molar refractivity (Wildman–Crippen MR) is 44.2 cm³/mol. The van der Waals surface area contributed by atoms with Crippen molar-refractivity contribution in [2.24, 2.45) is 0 Å². The normalized spacial score (nSPS) is 25.7. The molecule has 1 aromatic carbocycles. The third-order valence-electron chi connectivity index (χ3n) is 2.03. The Morgan fingerprint density at radius 2 is 2.15 bits per heavy atom. The van der Waals surface area contributed by atoms with Gasteiger partial charge in [0, 0.05) is 11.6 Å². The highest BCUT2D eigenvalue weighted by Gasteiger charge is 2.39. The van der Waals surface area contributed by atoms with Gasteiger partial charge in [0.2, 0.25) is 0 Å². The van der Waals surface area contributed by atoms with Crippen LogP contribution in [0.5, 0.6) is 0 Å². The smallest absolute Gasteiger partial charge is 0.132 e. The fourth-order valence-corrected chi connectivity index (χ4v) is 1.29. The zero-order valence-electron chi connectivity index (χ0n) is 6.84. The molecule has 1 heterocycles. The Morgan fingerprint density at radius 3 is 2.69 bits per heavy atom. The fourth-order valence-electron chi connectivity index (χ4n) is 1.29. The molecule has 0 saturated carbocycles. The van der Waals surface area contributed by atoms with Gasteiger partial charge in [-0.15, -0.1) is 6.58 Å². The molecule has 0 N–H and O–H groups in total. The van der Waals surface area contributed by atoms with E-state index in [9.17, 15) is 8.78 Å². The van der Waals surface area contributed by atoms with E-state index in [0.717, 1.165) is 6.07 Å². The van der Waals surface area contributed by atoms with Crippen molar-refractivity contribution in [1.82, 2.24) is 0 Å². The van der Waals surface area contributed by atoms with Crippen molar-refractivity contribution in [3.05, 3.63) is 48.1 Å². The number of hydrogen-bond acceptors (Lipinski definition) is 1. The molecule has 1 fully saturated rings. The first-order chi connectivity index (χ1) is 6.22. The molecule has 13 heavy (non-hydrogen) atoms. The molecule has 2 atom stereocenters. The SMILES string of the molecule is C=CC1OC1c1ccc(F)cc1F. The van der Waals surface area contributed by atoms with E-state index in [0.29, 0.717) is 5.56 Å². The minimum atomic E-state index is -0.572. The van der Waals surface area contributed by atoms with E-state index in [4.69, 9.17) is 4.74 Å². The average molecular weight is 182 g/mol. The van der Waals surface area contributed by atoms with Crippen molar-refractivity contribution >= 4 is 0 Å². The third kappa shape index (κ3) is 1.47. The van der Waals surface area contributed by atoms with E-state index < -0.39 is 11.6 Å². The van der Waals surface area contributed by atoms with Crippen LogP contribution < -0.4 is 0 Å². The molecule has 1 nitrogen and oxygen atoms in total. The monoisotopic (exact) mass is 182 g/mol. The van der Waals surface area contributed by atoms with Crippen LogP contribution >= 0.6 is 0 Å². The molecule has 1 saturated heterocycles. The van der Waals surface area contributed by atoms with E-state index in [1.807, 2.05) is 0 Å². The van der Waals surface area contributed by atoms with Crippen LogP contribution in [0.2, 0.25) is 0 Å². The van der Waals surface area contributed by atoms with Crippen LogP contribution in [0.4, 0.5) is 8.78 Å². The molecular weight excluding hydrogens is 174 g/mol. The first-order valence-corrected chi connectivity index (χ1v) is 3.95. The standard InChI is InChI=1S/C10H8F2O/c1-2-9-10(13-9)7-4-3-6(11)5-8(7)12/h2-5,9-10H,1H2. The number of rotatable bonds is 2. The van der Waals surface area contributed by atoms with Crippen molar-refractivity contribution in [1.29, 1.82) is 0 Å². The molecule has 1 aliphatic heterocycles. The molecule has 0 spiro atoms. The van der Waals surface area contributed by atoms with Gasteiger partial charge in [0.1, 0.15) is 23.8 Å². The van der Waals surface area contributed by atoms with Gasteiger partial charge < -0.3 is 4.74 Å². The number of benzene rings is 1. The molecule has 1 aliphatic rings. The van der Waals surface area contributed by atoms with Crippen LogP contribution in [0.25, 0.3) is 0 Å². The lowest BCUT2D eigenvalue weighted by molar-refractivity contribution is 0.388. The Morgan fingerprint density at radius 1 is 1.38 bits per heavy atom. The Bertz CT molecular complexity index is 349.